The Morgan fingerprint density at radius 1 is 1.13 bits per heavy atom. The van der Waals surface area contributed by atoms with E-state index in [1.54, 1.807) is 6.07 Å². The molecule has 0 aromatic heterocycles. The van der Waals surface area contributed by atoms with Crippen molar-refractivity contribution in [2.24, 2.45) is 5.73 Å². The first-order valence-electron chi connectivity index (χ1n) is 6.66. The molecule has 3 N–H and O–H groups in total. The zero-order valence-electron chi connectivity index (χ0n) is 11.9. The summed E-state index contributed by atoms with van der Waals surface area (Å²) in [5.41, 5.74) is 5.90. The highest BCUT2D eigenvalue weighted by molar-refractivity contribution is 14.1. The van der Waals surface area contributed by atoms with Gasteiger partial charge in [-0.05, 0) is 52.4 Å². The molecule has 2 aromatic rings. The van der Waals surface area contributed by atoms with Gasteiger partial charge in [-0.3, -0.25) is 9.59 Å². The van der Waals surface area contributed by atoms with E-state index >= 15 is 0 Å². The number of nitrogens with two attached hydrogens (primary N) is 1. The van der Waals surface area contributed by atoms with Crippen LogP contribution < -0.4 is 11.1 Å². The monoisotopic (exact) mass is 430 g/mol. The average Bonchev–Trinajstić information content (AvgIpc) is 2.45. The Morgan fingerprint density at radius 2 is 1.78 bits per heavy atom. The molecule has 2 amide bonds. The van der Waals surface area contributed by atoms with Crippen molar-refractivity contribution in [3.8, 4) is 0 Å². The third-order valence-corrected chi connectivity index (χ3v) is 3.77. The van der Waals surface area contributed by atoms with Gasteiger partial charge in [0.25, 0.3) is 5.91 Å². The molecule has 0 aliphatic heterocycles. The molecule has 2 rings (SSSR count). The van der Waals surface area contributed by atoms with E-state index in [1.165, 1.54) is 0 Å². The molecule has 2 aromatic carbocycles. The minimum absolute atomic E-state index is 0.190. The van der Waals surface area contributed by atoms with Crippen molar-refractivity contribution >= 4 is 34.4 Å². The van der Waals surface area contributed by atoms with Gasteiger partial charge in [0.15, 0.2) is 0 Å². The first-order chi connectivity index (χ1) is 10.8. The second-order valence-electron chi connectivity index (χ2n) is 4.92. The number of carbonyl (C=O) groups excluding carboxylic acids is 2. The molecule has 0 aliphatic rings. The summed E-state index contributed by atoms with van der Waals surface area (Å²) in [6.07, 6.45) is 0.190. The van der Waals surface area contributed by atoms with Crippen LogP contribution in [-0.2, 0) is 11.2 Å². The Morgan fingerprint density at radius 3 is 2.35 bits per heavy atom. The van der Waals surface area contributed by atoms with E-state index in [-0.39, 0.29) is 12.0 Å². The first kappa shape index (κ1) is 17.3. The summed E-state index contributed by atoms with van der Waals surface area (Å²) >= 11 is 2.12. The molecular weight excluding hydrogens is 417 g/mol. The minimum Gasteiger partial charge on any atom is -0.368 e. The van der Waals surface area contributed by atoms with Crippen molar-refractivity contribution in [3.05, 3.63) is 68.8 Å². The Hall–Kier alpha value is -2.03. The number of hydrogen-bond acceptors (Lipinski definition) is 2. The molecule has 0 heterocycles. The summed E-state index contributed by atoms with van der Waals surface area (Å²) in [5.74, 6) is -3.24. The molecule has 0 saturated heterocycles. The molecule has 0 unspecified atom stereocenters. The molecule has 120 valence electrons. The number of nitrogens with one attached hydrogen (secondary N) is 1. The Bertz CT molecular complexity index is 732. The second kappa shape index (κ2) is 7.49. The van der Waals surface area contributed by atoms with Crippen molar-refractivity contribution in [3.63, 3.8) is 0 Å². The highest BCUT2D eigenvalue weighted by Gasteiger charge is 2.20. The van der Waals surface area contributed by atoms with Gasteiger partial charge in [0, 0.05) is 21.6 Å². The van der Waals surface area contributed by atoms with Gasteiger partial charge in [-0.25, -0.2) is 8.78 Å². The number of carbonyl (C=O) groups is 2. The second-order valence-corrected chi connectivity index (χ2v) is 6.17. The minimum atomic E-state index is -0.980. The smallest absolute Gasteiger partial charge is 0.252 e. The summed E-state index contributed by atoms with van der Waals surface area (Å²) < 4.78 is 27.3. The summed E-state index contributed by atoms with van der Waals surface area (Å²) in [4.78, 5) is 23.6. The Kier molecular flexibility index (Phi) is 5.64. The molecule has 7 heteroatoms. The lowest BCUT2D eigenvalue weighted by Crippen LogP contribution is -2.45. The molecule has 0 aliphatic carbocycles. The van der Waals surface area contributed by atoms with E-state index in [1.807, 2.05) is 18.2 Å². The van der Waals surface area contributed by atoms with Gasteiger partial charge in [0.2, 0.25) is 5.91 Å². The van der Waals surface area contributed by atoms with Crippen LogP contribution in [0.25, 0.3) is 0 Å². The maximum Gasteiger partial charge on any atom is 0.252 e. The van der Waals surface area contributed by atoms with Crippen LogP contribution in [0, 0.1) is 15.2 Å². The molecular formula is C16H13F2IN2O2. The maximum absolute atomic E-state index is 13.2. The van der Waals surface area contributed by atoms with Crippen LogP contribution in [0.15, 0.2) is 42.5 Å². The number of halogens is 3. The number of amides is 2. The topological polar surface area (TPSA) is 72.2 Å². The van der Waals surface area contributed by atoms with Gasteiger partial charge in [0.05, 0.1) is 0 Å². The fourth-order valence-electron chi connectivity index (χ4n) is 2.05. The molecule has 1 atom stereocenters. The highest BCUT2D eigenvalue weighted by Crippen LogP contribution is 2.11. The average molecular weight is 430 g/mol. The number of benzene rings is 2. The summed E-state index contributed by atoms with van der Waals surface area (Å²) in [5, 5.41) is 2.41. The lowest BCUT2D eigenvalue weighted by molar-refractivity contribution is -0.119. The third kappa shape index (κ3) is 4.98. The number of hydrogen-bond donors (Lipinski definition) is 2. The lowest BCUT2D eigenvalue weighted by Gasteiger charge is -2.16. The van der Waals surface area contributed by atoms with Crippen LogP contribution in [0.3, 0.4) is 0 Å². The predicted octanol–water partition coefficient (Wildman–Crippen LogP) is 2.40. The molecule has 0 saturated carbocycles. The molecule has 0 spiro atoms. The van der Waals surface area contributed by atoms with Crippen molar-refractivity contribution in [1.29, 1.82) is 0 Å². The summed E-state index contributed by atoms with van der Waals surface area (Å²) in [6, 6.07) is 8.82. The van der Waals surface area contributed by atoms with Crippen molar-refractivity contribution < 1.29 is 18.4 Å². The molecule has 23 heavy (non-hydrogen) atoms. The Labute approximate surface area is 145 Å². The van der Waals surface area contributed by atoms with E-state index < -0.39 is 29.5 Å². The van der Waals surface area contributed by atoms with Gasteiger partial charge in [0.1, 0.15) is 17.7 Å². The van der Waals surface area contributed by atoms with Crippen LogP contribution in [0.2, 0.25) is 0 Å². The highest BCUT2D eigenvalue weighted by atomic mass is 127. The summed E-state index contributed by atoms with van der Waals surface area (Å²) in [7, 11) is 0. The largest absolute Gasteiger partial charge is 0.368 e. The lowest BCUT2D eigenvalue weighted by atomic mass is 10.0. The van der Waals surface area contributed by atoms with Crippen LogP contribution in [0.1, 0.15) is 15.9 Å². The zero-order chi connectivity index (χ0) is 17.0. The van der Waals surface area contributed by atoms with Crippen LogP contribution in [0.4, 0.5) is 8.78 Å². The van der Waals surface area contributed by atoms with Gasteiger partial charge >= 0.3 is 0 Å². The fraction of sp³-hybridized carbons (Fsp3) is 0.125. The maximum atomic E-state index is 13.2. The van der Waals surface area contributed by atoms with Crippen molar-refractivity contribution in [2.75, 3.05) is 0 Å². The van der Waals surface area contributed by atoms with Crippen LogP contribution >= 0.6 is 22.6 Å². The number of rotatable bonds is 5. The quantitative estimate of drug-likeness (QED) is 0.716. The number of primary amides is 1. The van der Waals surface area contributed by atoms with E-state index in [0.717, 1.165) is 21.3 Å². The zero-order valence-corrected chi connectivity index (χ0v) is 14.0. The van der Waals surface area contributed by atoms with E-state index in [2.05, 4.69) is 27.9 Å². The Balaban J connectivity index is 2.15. The summed E-state index contributed by atoms with van der Waals surface area (Å²) in [6.45, 7) is 0. The van der Waals surface area contributed by atoms with Crippen molar-refractivity contribution in [1.82, 2.24) is 5.32 Å². The standard InChI is InChI=1S/C16H13F2IN2O2/c17-11-6-10(7-12(18)8-11)16(23)21-14(15(20)22)5-9-2-1-3-13(19)4-9/h1-4,6-8,14H,5H2,(H2,20,22)(H,21,23)/t14-/m1/s1. The predicted molar refractivity (Wildman–Crippen MR) is 89.7 cm³/mol. The van der Waals surface area contributed by atoms with Crippen LogP contribution in [0.5, 0.6) is 0 Å². The fourth-order valence-corrected chi connectivity index (χ4v) is 2.66. The van der Waals surface area contributed by atoms with E-state index in [4.69, 9.17) is 5.73 Å². The van der Waals surface area contributed by atoms with Gasteiger partial charge in [-0.2, -0.15) is 0 Å². The SMILES string of the molecule is NC(=O)[C@@H](Cc1cccc(I)c1)NC(=O)c1cc(F)cc(F)c1. The molecule has 0 fully saturated rings. The van der Waals surface area contributed by atoms with Gasteiger partial charge in [-0.1, -0.05) is 12.1 Å². The van der Waals surface area contributed by atoms with Gasteiger partial charge in [-0.15, -0.1) is 0 Å². The van der Waals surface area contributed by atoms with Gasteiger partial charge < -0.3 is 11.1 Å². The third-order valence-electron chi connectivity index (χ3n) is 3.10. The van der Waals surface area contributed by atoms with Crippen molar-refractivity contribution in [2.45, 2.75) is 12.5 Å². The molecule has 0 radical (unpaired) electrons. The van der Waals surface area contributed by atoms with E-state index in [0.29, 0.717) is 6.07 Å². The van der Waals surface area contributed by atoms with Crippen LogP contribution in [-0.4, -0.2) is 17.9 Å². The molecule has 4 nitrogen and oxygen atoms in total. The first-order valence-corrected chi connectivity index (χ1v) is 7.74. The normalized spacial score (nSPS) is 11.8. The van der Waals surface area contributed by atoms with E-state index in [9.17, 15) is 18.4 Å². The molecule has 0 bridgehead atoms.